The van der Waals surface area contributed by atoms with Gasteiger partial charge in [0.05, 0.1) is 16.4 Å². The Morgan fingerprint density at radius 3 is 2.11 bits per heavy atom. The number of benzene rings is 3. The first-order chi connectivity index (χ1) is 17.7. The number of hydrogen-bond donors (Lipinski definition) is 0. The second kappa shape index (κ2) is 9.12. The van der Waals surface area contributed by atoms with E-state index in [0.29, 0.717) is 0 Å². The van der Waals surface area contributed by atoms with Crippen LogP contribution in [0.3, 0.4) is 0 Å². The van der Waals surface area contributed by atoms with E-state index in [1.165, 1.54) is 38.1 Å². The second-order valence-electron chi connectivity index (χ2n) is 9.47. The monoisotopic (exact) mass is 485 g/mol. The lowest BCUT2D eigenvalue weighted by Crippen LogP contribution is -2.49. The van der Waals surface area contributed by atoms with Crippen LogP contribution in [-0.2, 0) is 5.41 Å². The van der Waals surface area contributed by atoms with Crippen molar-refractivity contribution in [3.05, 3.63) is 122 Å². The summed E-state index contributed by atoms with van der Waals surface area (Å²) >= 11 is 0. The van der Waals surface area contributed by atoms with Gasteiger partial charge in [-0.2, -0.15) is 4.57 Å². The van der Waals surface area contributed by atoms with Crippen LogP contribution in [0, 0.1) is 0 Å². The number of pyridine rings is 2. The van der Waals surface area contributed by atoms with Crippen molar-refractivity contribution in [1.82, 2.24) is 4.98 Å². The molecule has 6 rings (SSSR count). The molecule has 3 aromatic carbocycles. The summed E-state index contributed by atoms with van der Waals surface area (Å²) in [6.07, 6.45) is 8.08. The highest BCUT2D eigenvalue weighted by molar-refractivity contribution is 7.79. The molecule has 0 bridgehead atoms. The third kappa shape index (κ3) is 3.44. The van der Waals surface area contributed by atoms with Crippen LogP contribution in [0.1, 0.15) is 32.3 Å². The van der Waals surface area contributed by atoms with Gasteiger partial charge < -0.3 is 0 Å². The molecule has 0 N–H and O–H groups in total. The van der Waals surface area contributed by atoms with Crippen molar-refractivity contribution in [3.8, 4) is 11.3 Å². The van der Waals surface area contributed by atoms with Crippen LogP contribution in [0.15, 0.2) is 116 Å². The van der Waals surface area contributed by atoms with Crippen molar-refractivity contribution in [3.63, 3.8) is 0 Å². The molecule has 36 heavy (non-hydrogen) atoms. The SMILES string of the molecule is C=C1[n+]2ccc3cnccc3c2-c2cc(P(c3ccccc3)c3ccccc3)ccc2C1(CC)CC. The first kappa shape index (κ1) is 22.8. The zero-order valence-electron chi connectivity index (χ0n) is 20.9. The van der Waals surface area contributed by atoms with Gasteiger partial charge >= 0.3 is 0 Å². The molecule has 0 fully saturated rings. The maximum atomic E-state index is 4.66. The van der Waals surface area contributed by atoms with Crippen LogP contribution in [0.5, 0.6) is 0 Å². The van der Waals surface area contributed by atoms with Crippen LogP contribution in [0.25, 0.3) is 27.7 Å². The molecule has 1 aliphatic rings. The molecule has 3 heteroatoms. The Kier molecular flexibility index (Phi) is 5.78. The zero-order chi connectivity index (χ0) is 24.7. The fourth-order valence-electron chi connectivity index (χ4n) is 5.92. The molecule has 0 atom stereocenters. The van der Waals surface area contributed by atoms with Crippen molar-refractivity contribution in [2.24, 2.45) is 0 Å². The molecule has 0 saturated carbocycles. The molecule has 2 nitrogen and oxygen atoms in total. The van der Waals surface area contributed by atoms with Gasteiger partial charge in [0.15, 0.2) is 11.9 Å². The summed E-state index contributed by atoms with van der Waals surface area (Å²) < 4.78 is 2.34. The Morgan fingerprint density at radius 2 is 1.47 bits per heavy atom. The average Bonchev–Trinajstić information content (AvgIpc) is 2.95. The van der Waals surface area contributed by atoms with Crippen LogP contribution in [0.4, 0.5) is 0 Å². The highest BCUT2D eigenvalue weighted by Crippen LogP contribution is 2.48. The van der Waals surface area contributed by atoms with Gasteiger partial charge in [0.1, 0.15) is 0 Å². The van der Waals surface area contributed by atoms with E-state index < -0.39 is 7.92 Å². The van der Waals surface area contributed by atoms with Crippen molar-refractivity contribution >= 4 is 40.3 Å². The standard InChI is InChI=1S/C33H30N2P/c1-4-33(5-2)24(3)35-21-19-25-23-34-20-18-29(25)32(35)30-22-28(16-17-31(30)33)36(26-12-8-6-9-13-26)27-14-10-7-11-15-27/h6-23H,3-5H2,1-2H3/q+1. The number of aromatic nitrogens is 2. The topological polar surface area (TPSA) is 16.8 Å². The van der Waals surface area contributed by atoms with Gasteiger partial charge in [-0.05, 0) is 61.0 Å². The summed E-state index contributed by atoms with van der Waals surface area (Å²) in [5.41, 5.74) is 5.01. The summed E-state index contributed by atoms with van der Waals surface area (Å²) in [5, 5.41) is 6.47. The largest absolute Gasteiger partial charge is 0.264 e. The molecular formula is C33H30N2P+. The van der Waals surface area contributed by atoms with Gasteiger partial charge in [0.2, 0.25) is 5.69 Å². The Morgan fingerprint density at radius 1 is 0.806 bits per heavy atom. The summed E-state index contributed by atoms with van der Waals surface area (Å²) in [5.74, 6) is 0. The van der Waals surface area contributed by atoms with E-state index in [1.807, 2.05) is 12.4 Å². The van der Waals surface area contributed by atoms with E-state index >= 15 is 0 Å². The second-order valence-corrected chi connectivity index (χ2v) is 11.7. The third-order valence-corrected chi connectivity index (χ3v) is 10.3. The van der Waals surface area contributed by atoms with E-state index in [1.54, 1.807) is 0 Å². The molecule has 0 unspecified atom stereocenters. The number of nitrogens with zero attached hydrogens (tertiary/aromatic N) is 2. The van der Waals surface area contributed by atoms with E-state index in [4.69, 9.17) is 0 Å². The number of rotatable bonds is 5. The Labute approximate surface area is 214 Å². The first-order valence-corrected chi connectivity index (χ1v) is 14.1. The maximum absolute atomic E-state index is 4.66. The summed E-state index contributed by atoms with van der Waals surface area (Å²) in [7, 11) is -0.688. The van der Waals surface area contributed by atoms with Gasteiger partial charge in [0, 0.05) is 23.8 Å². The van der Waals surface area contributed by atoms with Crippen molar-refractivity contribution in [2.75, 3.05) is 0 Å². The highest BCUT2D eigenvalue weighted by atomic mass is 31.1. The molecule has 3 heterocycles. The minimum absolute atomic E-state index is 0.0888. The molecule has 0 radical (unpaired) electrons. The minimum atomic E-state index is -0.688. The van der Waals surface area contributed by atoms with Crippen molar-refractivity contribution in [1.29, 1.82) is 0 Å². The molecule has 0 aliphatic carbocycles. The minimum Gasteiger partial charge on any atom is -0.264 e. The van der Waals surface area contributed by atoms with Gasteiger partial charge in [0.25, 0.3) is 0 Å². The molecule has 5 aromatic rings. The molecule has 1 aliphatic heterocycles. The molecule has 0 saturated heterocycles. The van der Waals surface area contributed by atoms with Crippen molar-refractivity contribution in [2.45, 2.75) is 32.1 Å². The zero-order valence-corrected chi connectivity index (χ0v) is 21.7. The Hall–Kier alpha value is -3.61. The predicted molar refractivity (Wildman–Crippen MR) is 154 cm³/mol. The normalized spacial score (nSPS) is 14.0. The van der Waals surface area contributed by atoms with E-state index in [0.717, 1.165) is 23.9 Å². The van der Waals surface area contributed by atoms with E-state index in [9.17, 15) is 0 Å². The smallest absolute Gasteiger partial charge is 0.226 e. The van der Waals surface area contributed by atoms with Crippen LogP contribution in [0.2, 0.25) is 0 Å². The predicted octanol–water partition coefficient (Wildman–Crippen LogP) is 6.49. The average molecular weight is 486 g/mol. The fraction of sp³-hybridized carbons (Fsp3) is 0.152. The summed E-state index contributed by atoms with van der Waals surface area (Å²) in [6.45, 7) is 9.25. The van der Waals surface area contributed by atoms with E-state index in [-0.39, 0.29) is 5.41 Å². The lowest BCUT2D eigenvalue weighted by atomic mass is 9.69. The van der Waals surface area contributed by atoms with Crippen LogP contribution < -0.4 is 20.5 Å². The van der Waals surface area contributed by atoms with Gasteiger partial charge in [-0.1, -0.05) is 86.6 Å². The molecule has 0 amide bonds. The highest BCUT2D eigenvalue weighted by Gasteiger charge is 2.46. The summed E-state index contributed by atoms with van der Waals surface area (Å²) in [4.78, 5) is 4.39. The number of allylic oxidation sites excluding steroid dienone is 1. The lowest BCUT2D eigenvalue weighted by Gasteiger charge is -2.36. The maximum Gasteiger partial charge on any atom is 0.226 e. The Bertz CT molecular complexity index is 1530. The molecular weight excluding hydrogens is 455 g/mol. The fourth-order valence-corrected chi connectivity index (χ4v) is 8.24. The van der Waals surface area contributed by atoms with Crippen molar-refractivity contribution < 1.29 is 4.57 Å². The molecule has 0 spiro atoms. The van der Waals surface area contributed by atoms with E-state index in [2.05, 4.69) is 127 Å². The quantitative estimate of drug-likeness (QED) is 0.205. The number of hydrogen-bond acceptors (Lipinski definition) is 1. The Balaban J connectivity index is 1.67. The third-order valence-electron chi connectivity index (χ3n) is 7.86. The lowest BCUT2D eigenvalue weighted by molar-refractivity contribution is -0.576. The summed E-state index contributed by atoms with van der Waals surface area (Å²) in [6, 6.07) is 33.5. The van der Waals surface area contributed by atoms with Crippen LogP contribution >= 0.6 is 7.92 Å². The van der Waals surface area contributed by atoms with Gasteiger partial charge in [-0.15, -0.1) is 0 Å². The van der Waals surface area contributed by atoms with Gasteiger partial charge in [-0.3, -0.25) is 4.98 Å². The number of fused-ring (bicyclic) bond motifs is 5. The molecule has 2 aromatic heterocycles. The van der Waals surface area contributed by atoms with Gasteiger partial charge in [-0.25, -0.2) is 0 Å². The molecule has 176 valence electrons. The first-order valence-electron chi connectivity index (χ1n) is 12.7. The van der Waals surface area contributed by atoms with Crippen LogP contribution in [-0.4, -0.2) is 4.98 Å².